The van der Waals surface area contributed by atoms with Gasteiger partial charge in [-0.1, -0.05) is 30.7 Å². The summed E-state index contributed by atoms with van der Waals surface area (Å²) < 4.78 is 24.0. The van der Waals surface area contributed by atoms with Crippen molar-refractivity contribution in [3.05, 3.63) is 64.4 Å². The minimum atomic E-state index is -3.22. The first-order valence-corrected chi connectivity index (χ1v) is 14.9. The largest absolute Gasteiger partial charge is 0.351 e. The third-order valence-corrected chi connectivity index (χ3v) is 9.46. The number of aryl methyl sites for hydroxylation is 1. The van der Waals surface area contributed by atoms with Crippen LogP contribution in [0.1, 0.15) is 36.1 Å². The van der Waals surface area contributed by atoms with Crippen LogP contribution in [-0.4, -0.2) is 33.2 Å². The van der Waals surface area contributed by atoms with Crippen LogP contribution in [0.25, 0.3) is 9.75 Å². The van der Waals surface area contributed by atoms with Crippen LogP contribution in [-0.2, 0) is 27.6 Å². The minimum Gasteiger partial charge on any atom is -0.351 e. The van der Waals surface area contributed by atoms with E-state index >= 15 is 0 Å². The molecule has 1 fully saturated rings. The van der Waals surface area contributed by atoms with Gasteiger partial charge in [0.05, 0.1) is 17.4 Å². The Morgan fingerprint density at radius 2 is 1.91 bits per heavy atom. The SMILES string of the molecule is CS(=O)(=O)c1ccccc1CCCNC1CCCC1C(=O)NCc1ccc(-c2cccs2)s1. The van der Waals surface area contributed by atoms with Crippen molar-refractivity contribution in [1.29, 1.82) is 0 Å². The zero-order valence-electron chi connectivity index (χ0n) is 18.8. The Labute approximate surface area is 204 Å². The van der Waals surface area contributed by atoms with E-state index in [0.717, 1.165) is 37.8 Å². The molecule has 33 heavy (non-hydrogen) atoms. The number of sulfone groups is 1. The topological polar surface area (TPSA) is 75.3 Å². The lowest BCUT2D eigenvalue weighted by molar-refractivity contribution is -0.125. The van der Waals surface area contributed by atoms with E-state index in [9.17, 15) is 13.2 Å². The molecule has 0 spiro atoms. The Bertz CT molecular complexity index is 1170. The second kappa shape index (κ2) is 11.0. The standard InChI is InChI=1S/C25H30N2O3S3/c1-33(29,30)24-12-3-2-7-18(24)8-5-15-26-21-10-4-9-20(21)25(28)27-17-19-13-14-23(32-19)22-11-6-16-31-22/h2-3,6-7,11-14,16,20-21,26H,4-5,8-10,15,17H2,1H3,(H,27,28). The first-order valence-electron chi connectivity index (χ1n) is 11.3. The van der Waals surface area contributed by atoms with Gasteiger partial charge in [0.1, 0.15) is 0 Å². The maximum atomic E-state index is 12.9. The molecule has 1 aliphatic rings. The molecule has 0 bridgehead atoms. The molecule has 1 aliphatic carbocycles. The summed E-state index contributed by atoms with van der Waals surface area (Å²) in [5, 5.41) is 8.77. The molecule has 4 rings (SSSR count). The van der Waals surface area contributed by atoms with Crippen molar-refractivity contribution in [1.82, 2.24) is 10.6 Å². The van der Waals surface area contributed by atoms with Gasteiger partial charge in [0.25, 0.3) is 0 Å². The maximum Gasteiger partial charge on any atom is 0.224 e. The van der Waals surface area contributed by atoms with Gasteiger partial charge in [-0.3, -0.25) is 4.79 Å². The highest BCUT2D eigenvalue weighted by atomic mass is 32.2. The fourth-order valence-corrected chi connectivity index (χ4v) is 7.24. The number of benzene rings is 1. The van der Waals surface area contributed by atoms with Crippen LogP contribution in [0.4, 0.5) is 0 Å². The van der Waals surface area contributed by atoms with Gasteiger partial charge in [-0.05, 0) is 67.4 Å². The lowest BCUT2D eigenvalue weighted by Crippen LogP contribution is -2.41. The summed E-state index contributed by atoms with van der Waals surface area (Å²) in [4.78, 5) is 16.9. The molecule has 0 saturated heterocycles. The van der Waals surface area contributed by atoms with Gasteiger partial charge >= 0.3 is 0 Å². The molecule has 8 heteroatoms. The van der Waals surface area contributed by atoms with Crippen LogP contribution < -0.4 is 10.6 Å². The predicted octanol–water partition coefficient (Wildman–Crippen LogP) is 4.89. The quantitative estimate of drug-likeness (QED) is 0.387. The average Bonchev–Trinajstić information content (AvgIpc) is 3.56. The zero-order valence-corrected chi connectivity index (χ0v) is 21.2. The monoisotopic (exact) mass is 502 g/mol. The maximum absolute atomic E-state index is 12.9. The summed E-state index contributed by atoms with van der Waals surface area (Å²) in [5.74, 6) is 0.114. The summed E-state index contributed by atoms with van der Waals surface area (Å²) in [6.45, 7) is 1.34. The Morgan fingerprint density at radius 1 is 1.06 bits per heavy atom. The van der Waals surface area contributed by atoms with Gasteiger partial charge < -0.3 is 10.6 Å². The van der Waals surface area contributed by atoms with Crippen molar-refractivity contribution in [2.75, 3.05) is 12.8 Å². The summed E-state index contributed by atoms with van der Waals surface area (Å²) in [6, 6.07) is 15.8. The second-order valence-corrected chi connectivity index (χ2v) is 12.6. The van der Waals surface area contributed by atoms with Crippen LogP contribution in [0.3, 0.4) is 0 Å². The van der Waals surface area contributed by atoms with Gasteiger partial charge in [-0.15, -0.1) is 22.7 Å². The highest BCUT2D eigenvalue weighted by Crippen LogP contribution is 2.32. The van der Waals surface area contributed by atoms with E-state index in [0.29, 0.717) is 17.9 Å². The molecular weight excluding hydrogens is 472 g/mol. The molecule has 176 valence electrons. The van der Waals surface area contributed by atoms with Gasteiger partial charge in [0, 0.05) is 26.9 Å². The highest BCUT2D eigenvalue weighted by molar-refractivity contribution is 7.90. The van der Waals surface area contributed by atoms with Crippen LogP contribution in [0.2, 0.25) is 0 Å². The highest BCUT2D eigenvalue weighted by Gasteiger charge is 2.32. The van der Waals surface area contributed by atoms with Crippen molar-refractivity contribution >= 4 is 38.4 Å². The molecule has 2 N–H and O–H groups in total. The van der Waals surface area contributed by atoms with Crippen molar-refractivity contribution in [2.24, 2.45) is 5.92 Å². The number of carbonyl (C=O) groups is 1. The van der Waals surface area contributed by atoms with Crippen LogP contribution in [0.5, 0.6) is 0 Å². The zero-order chi connectivity index (χ0) is 23.3. The molecule has 2 atom stereocenters. The van der Waals surface area contributed by atoms with E-state index in [1.54, 1.807) is 34.8 Å². The van der Waals surface area contributed by atoms with Crippen molar-refractivity contribution in [3.8, 4) is 9.75 Å². The Balaban J connectivity index is 1.24. The molecule has 2 unspecified atom stereocenters. The normalized spacial score (nSPS) is 18.5. The van der Waals surface area contributed by atoms with Gasteiger partial charge in [0.15, 0.2) is 9.84 Å². The first-order chi connectivity index (χ1) is 15.9. The Hall–Kier alpha value is -2.00. The van der Waals surface area contributed by atoms with E-state index in [2.05, 4.69) is 40.3 Å². The first kappa shape index (κ1) is 24.1. The lowest BCUT2D eigenvalue weighted by atomic mass is 10.0. The third-order valence-electron chi connectivity index (χ3n) is 6.12. The number of hydrogen-bond donors (Lipinski definition) is 2. The molecule has 1 saturated carbocycles. The number of rotatable bonds is 10. The predicted molar refractivity (Wildman–Crippen MR) is 136 cm³/mol. The van der Waals surface area contributed by atoms with E-state index in [1.807, 2.05) is 12.1 Å². The second-order valence-electron chi connectivity index (χ2n) is 8.54. The molecule has 0 aliphatic heterocycles. The summed E-state index contributed by atoms with van der Waals surface area (Å²) in [6.07, 6.45) is 5.74. The van der Waals surface area contributed by atoms with Gasteiger partial charge in [-0.2, -0.15) is 0 Å². The molecule has 2 heterocycles. The van der Waals surface area contributed by atoms with Crippen molar-refractivity contribution in [3.63, 3.8) is 0 Å². The minimum absolute atomic E-state index is 0.00923. The molecule has 1 amide bonds. The molecule has 1 aromatic carbocycles. The summed E-state index contributed by atoms with van der Waals surface area (Å²) in [7, 11) is -3.22. The van der Waals surface area contributed by atoms with Crippen molar-refractivity contribution < 1.29 is 13.2 Å². The molecule has 0 radical (unpaired) electrons. The lowest BCUT2D eigenvalue weighted by Gasteiger charge is -2.20. The van der Waals surface area contributed by atoms with E-state index < -0.39 is 9.84 Å². The fourth-order valence-electron chi connectivity index (χ4n) is 4.49. The fraction of sp³-hybridized carbons (Fsp3) is 0.400. The number of nitrogens with one attached hydrogen (secondary N) is 2. The van der Waals surface area contributed by atoms with Crippen LogP contribution in [0, 0.1) is 5.92 Å². The molecule has 3 aromatic rings. The summed E-state index contributed by atoms with van der Waals surface area (Å²) in [5.41, 5.74) is 0.861. The average molecular weight is 503 g/mol. The number of carbonyl (C=O) groups excluding carboxylic acids is 1. The van der Waals surface area contributed by atoms with Gasteiger partial charge in [-0.25, -0.2) is 8.42 Å². The molecular formula is C25H30N2O3S3. The summed E-state index contributed by atoms with van der Waals surface area (Å²) >= 11 is 3.46. The van der Waals surface area contributed by atoms with E-state index in [4.69, 9.17) is 0 Å². The smallest absolute Gasteiger partial charge is 0.224 e. The van der Waals surface area contributed by atoms with Crippen LogP contribution in [0.15, 0.2) is 58.8 Å². The Kier molecular flexibility index (Phi) is 8.01. The van der Waals surface area contributed by atoms with Gasteiger partial charge in [0.2, 0.25) is 5.91 Å². The molecule has 2 aromatic heterocycles. The number of thiophene rings is 2. The van der Waals surface area contributed by atoms with Crippen LogP contribution >= 0.6 is 22.7 Å². The van der Waals surface area contributed by atoms with E-state index in [1.165, 1.54) is 20.9 Å². The third kappa shape index (κ3) is 6.32. The van der Waals surface area contributed by atoms with E-state index in [-0.39, 0.29) is 17.9 Å². The van der Waals surface area contributed by atoms with Crippen molar-refractivity contribution in [2.45, 2.75) is 49.6 Å². The molecule has 5 nitrogen and oxygen atoms in total. The number of amides is 1. The number of hydrogen-bond acceptors (Lipinski definition) is 6. The Morgan fingerprint density at radius 3 is 2.70 bits per heavy atom.